The summed E-state index contributed by atoms with van der Waals surface area (Å²) in [5.41, 5.74) is 2.33. The summed E-state index contributed by atoms with van der Waals surface area (Å²) >= 11 is 5.94. The van der Waals surface area contributed by atoms with E-state index in [1.807, 2.05) is 67.0 Å². The molecule has 0 atom stereocenters. The predicted molar refractivity (Wildman–Crippen MR) is 117 cm³/mol. The molecule has 148 valence electrons. The highest BCUT2D eigenvalue weighted by molar-refractivity contribution is 6.30. The second-order valence-corrected chi connectivity index (χ2v) is 7.35. The molecule has 4 nitrogen and oxygen atoms in total. The minimum absolute atomic E-state index is 0.455. The van der Waals surface area contributed by atoms with Crippen molar-refractivity contribution in [3.8, 4) is 17.2 Å². The van der Waals surface area contributed by atoms with Crippen molar-refractivity contribution in [2.45, 2.75) is 13.0 Å². The summed E-state index contributed by atoms with van der Waals surface area (Å²) in [5, 5.41) is 0.717. The van der Waals surface area contributed by atoms with Crippen LogP contribution in [0.4, 0.5) is 0 Å². The zero-order valence-electron chi connectivity index (χ0n) is 16.1. The van der Waals surface area contributed by atoms with Crippen LogP contribution in [0.25, 0.3) is 0 Å². The van der Waals surface area contributed by atoms with Crippen LogP contribution < -0.4 is 9.47 Å². The van der Waals surface area contributed by atoms with Crippen molar-refractivity contribution < 1.29 is 9.47 Å². The molecule has 0 saturated heterocycles. The fraction of sp³-hybridized carbons (Fsp3) is 0.208. The number of benzene rings is 3. The number of hydrogen-bond donors (Lipinski definition) is 0. The first kappa shape index (κ1) is 19.3. The summed E-state index contributed by atoms with van der Waals surface area (Å²) in [6.45, 7) is 3.38. The molecule has 5 heteroatoms. The Morgan fingerprint density at radius 1 is 0.862 bits per heavy atom. The lowest BCUT2D eigenvalue weighted by atomic mass is 10.1. The van der Waals surface area contributed by atoms with E-state index >= 15 is 0 Å². The van der Waals surface area contributed by atoms with E-state index in [4.69, 9.17) is 21.1 Å². The fourth-order valence-corrected chi connectivity index (χ4v) is 3.23. The van der Waals surface area contributed by atoms with Crippen molar-refractivity contribution in [3.05, 3.63) is 88.9 Å². The van der Waals surface area contributed by atoms with Gasteiger partial charge in [0.15, 0.2) is 11.5 Å². The summed E-state index contributed by atoms with van der Waals surface area (Å²) in [7, 11) is 0. The largest absolute Gasteiger partial charge is 0.485 e. The molecular formula is C24H23ClN2O2. The Labute approximate surface area is 176 Å². The molecule has 1 heterocycles. The molecule has 0 radical (unpaired) electrons. The highest BCUT2D eigenvalue weighted by Crippen LogP contribution is 2.32. The molecule has 29 heavy (non-hydrogen) atoms. The molecule has 0 aromatic heterocycles. The summed E-state index contributed by atoms with van der Waals surface area (Å²) < 4.78 is 12.0. The van der Waals surface area contributed by atoms with Crippen molar-refractivity contribution in [1.29, 1.82) is 0 Å². The molecule has 0 spiro atoms. The van der Waals surface area contributed by atoms with Crippen LogP contribution in [-0.4, -0.2) is 30.9 Å². The molecule has 0 unspecified atom stereocenters. The molecule has 0 fully saturated rings. The van der Waals surface area contributed by atoms with E-state index in [2.05, 4.69) is 22.0 Å². The second kappa shape index (κ2) is 9.48. The van der Waals surface area contributed by atoms with Gasteiger partial charge in [-0.2, -0.15) is 0 Å². The third-order valence-electron chi connectivity index (χ3n) is 4.76. The molecule has 0 saturated carbocycles. The van der Waals surface area contributed by atoms with Gasteiger partial charge >= 0.3 is 0 Å². The SMILES string of the molecule is Clc1ccc(COc2ccccc2Oc2ccc(CCN3C=NCC3)cc2)cc1. The number of ether oxygens (including phenoxy) is 2. The Kier molecular flexibility index (Phi) is 6.32. The lowest BCUT2D eigenvalue weighted by Crippen LogP contribution is -2.22. The van der Waals surface area contributed by atoms with E-state index in [9.17, 15) is 0 Å². The van der Waals surface area contributed by atoms with E-state index in [1.54, 1.807) is 0 Å². The van der Waals surface area contributed by atoms with Crippen LogP contribution in [0.3, 0.4) is 0 Å². The standard InChI is InChI=1S/C24H23ClN2O2/c25-21-9-5-20(6-10-21)17-28-23-3-1-2-4-24(23)29-22-11-7-19(8-12-22)13-15-27-16-14-26-18-27/h1-12,18H,13-17H2. The maximum atomic E-state index is 6.07. The Morgan fingerprint density at radius 3 is 2.31 bits per heavy atom. The number of halogens is 1. The first-order valence-electron chi connectivity index (χ1n) is 9.73. The van der Waals surface area contributed by atoms with Crippen LogP contribution in [0.15, 0.2) is 77.8 Å². The van der Waals surface area contributed by atoms with Crippen LogP contribution in [0.5, 0.6) is 17.2 Å². The Balaban J connectivity index is 1.36. The lowest BCUT2D eigenvalue weighted by Gasteiger charge is -2.14. The van der Waals surface area contributed by atoms with Gasteiger partial charge in [0.25, 0.3) is 0 Å². The minimum atomic E-state index is 0.455. The van der Waals surface area contributed by atoms with E-state index in [0.29, 0.717) is 18.1 Å². The van der Waals surface area contributed by atoms with Crippen LogP contribution in [0, 0.1) is 0 Å². The van der Waals surface area contributed by atoms with Crippen LogP contribution >= 0.6 is 11.6 Å². The number of rotatable bonds is 8. The van der Waals surface area contributed by atoms with Crippen molar-refractivity contribution in [1.82, 2.24) is 4.90 Å². The molecule has 0 aliphatic carbocycles. The Hall–Kier alpha value is -2.98. The number of nitrogens with zero attached hydrogens (tertiary/aromatic N) is 2. The van der Waals surface area contributed by atoms with Crippen molar-refractivity contribution >= 4 is 17.9 Å². The van der Waals surface area contributed by atoms with E-state index in [1.165, 1.54) is 5.56 Å². The van der Waals surface area contributed by atoms with Crippen LogP contribution in [0.1, 0.15) is 11.1 Å². The maximum Gasteiger partial charge on any atom is 0.169 e. The van der Waals surface area contributed by atoms with Gasteiger partial charge in [-0.1, -0.05) is 48.0 Å². The molecule has 3 aromatic rings. The zero-order valence-corrected chi connectivity index (χ0v) is 16.9. The van der Waals surface area contributed by atoms with Gasteiger partial charge in [0.1, 0.15) is 12.4 Å². The number of aliphatic imine (C=N–C) groups is 1. The average molecular weight is 407 g/mol. The van der Waals surface area contributed by atoms with Gasteiger partial charge in [0, 0.05) is 18.1 Å². The van der Waals surface area contributed by atoms with Gasteiger partial charge in [-0.3, -0.25) is 4.99 Å². The van der Waals surface area contributed by atoms with Crippen molar-refractivity contribution in [2.75, 3.05) is 19.6 Å². The van der Waals surface area contributed by atoms with Crippen molar-refractivity contribution in [3.63, 3.8) is 0 Å². The molecule has 3 aromatic carbocycles. The molecule has 1 aliphatic heterocycles. The van der Waals surface area contributed by atoms with Crippen LogP contribution in [0.2, 0.25) is 5.02 Å². The third kappa shape index (κ3) is 5.52. The first-order chi connectivity index (χ1) is 14.3. The van der Waals surface area contributed by atoms with Gasteiger partial charge in [0.05, 0.1) is 12.9 Å². The van der Waals surface area contributed by atoms with Crippen molar-refractivity contribution in [2.24, 2.45) is 4.99 Å². The number of para-hydroxylation sites is 2. The summed E-state index contributed by atoms with van der Waals surface area (Å²) in [4.78, 5) is 6.50. The molecular weight excluding hydrogens is 384 g/mol. The number of hydrogen-bond acceptors (Lipinski definition) is 4. The molecule has 0 bridgehead atoms. The van der Waals surface area contributed by atoms with Gasteiger partial charge in [-0.05, 0) is 53.9 Å². The minimum Gasteiger partial charge on any atom is -0.485 e. The monoisotopic (exact) mass is 406 g/mol. The quantitative estimate of drug-likeness (QED) is 0.488. The zero-order chi connectivity index (χ0) is 19.9. The van der Waals surface area contributed by atoms with E-state index < -0.39 is 0 Å². The van der Waals surface area contributed by atoms with Crippen LogP contribution in [-0.2, 0) is 13.0 Å². The molecule has 0 N–H and O–H groups in total. The Bertz CT molecular complexity index is 955. The topological polar surface area (TPSA) is 34.1 Å². The Morgan fingerprint density at radius 2 is 1.59 bits per heavy atom. The second-order valence-electron chi connectivity index (χ2n) is 6.92. The highest BCUT2D eigenvalue weighted by atomic mass is 35.5. The first-order valence-corrected chi connectivity index (χ1v) is 10.1. The highest BCUT2D eigenvalue weighted by Gasteiger charge is 2.08. The normalized spacial score (nSPS) is 12.9. The van der Waals surface area contributed by atoms with Gasteiger partial charge in [-0.25, -0.2) is 0 Å². The van der Waals surface area contributed by atoms with Gasteiger partial charge in [0.2, 0.25) is 0 Å². The molecule has 4 rings (SSSR count). The predicted octanol–water partition coefficient (Wildman–Crippen LogP) is 5.60. The van der Waals surface area contributed by atoms with E-state index in [-0.39, 0.29) is 0 Å². The lowest BCUT2D eigenvalue weighted by molar-refractivity contribution is 0.291. The third-order valence-corrected chi connectivity index (χ3v) is 5.01. The van der Waals surface area contributed by atoms with Gasteiger partial charge < -0.3 is 14.4 Å². The molecule has 0 amide bonds. The molecule has 1 aliphatic rings. The summed E-state index contributed by atoms with van der Waals surface area (Å²) in [6, 6.07) is 23.6. The fourth-order valence-electron chi connectivity index (χ4n) is 3.11. The van der Waals surface area contributed by atoms with E-state index in [0.717, 1.165) is 42.4 Å². The summed E-state index contributed by atoms with van der Waals surface area (Å²) in [6.07, 6.45) is 2.94. The average Bonchev–Trinajstić information content (AvgIpc) is 3.27. The summed E-state index contributed by atoms with van der Waals surface area (Å²) in [5.74, 6) is 2.20. The maximum absolute atomic E-state index is 6.07. The smallest absolute Gasteiger partial charge is 0.169 e. The van der Waals surface area contributed by atoms with Gasteiger partial charge in [-0.15, -0.1) is 0 Å².